The molecule has 2 heteroatoms. The second kappa shape index (κ2) is 7.62. The van der Waals surface area contributed by atoms with Crippen LogP contribution in [-0.4, -0.2) is 6.85 Å². The minimum Gasteiger partial charge on any atom is -0.376 e. The van der Waals surface area contributed by atoms with Crippen molar-refractivity contribution in [2.75, 3.05) is 4.81 Å². The number of anilines is 2. The SMILES string of the molecule is Cc1ccc2cc3c(cc2c1)-c1c(ccc2ccccc12)B1c2ccc4ccccc4c2-c2ccccc2N13. The lowest BCUT2D eigenvalue weighted by atomic mass is 9.42. The molecule has 39 heavy (non-hydrogen) atoms. The highest BCUT2D eigenvalue weighted by Crippen LogP contribution is 2.49. The van der Waals surface area contributed by atoms with E-state index in [0.717, 1.165) is 0 Å². The van der Waals surface area contributed by atoms with Gasteiger partial charge in [-0.05, 0) is 79.5 Å². The van der Waals surface area contributed by atoms with Crippen molar-refractivity contribution in [1.29, 1.82) is 0 Å². The Labute approximate surface area is 228 Å². The number of hydrogen-bond acceptors (Lipinski definition) is 1. The van der Waals surface area contributed by atoms with Gasteiger partial charge in [-0.2, -0.15) is 0 Å². The zero-order valence-corrected chi connectivity index (χ0v) is 21.6. The van der Waals surface area contributed by atoms with Crippen molar-refractivity contribution in [2.45, 2.75) is 6.92 Å². The molecule has 9 rings (SSSR count). The number of fused-ring (bicyclic) bond motifs is 16. The van der Waals surface area contributed by atoms with Gasteiger partial charge in [0.2, 0.25) is 0 Å². The van der Waals surface area contributed by atoms with E-state index in [-0.39, 0.29) is 6.85 Å². The number of nitrogens with zero attached hydrogens (tertiary/aromatic N) is 1. The maximum absolute atomic E-state index is 2.61. The second-order valence-corrected chi connectivity index (χ2v) is 11.0. The van der Waals surface area contributed by atoms with Gasteiger partial charge in [0.25, 0.3) is 0 Å². The zero-order chi connectivity index (χ0) is 25.7. The largest absolute Gasteiger partial charge is 0.376 e. The molecule has 0 radical (unpaired) electrons. The maximum atomic E-state index is 2.61. The van der Waals surface area contributed by atoms with Crippen LogP contribution in [0.25, 0.3) is 54.6 Å². The molecule has 0 N–H and O–H groups in total. The molecular formula is C37H24BN. The van der Waals surface area contributed by atoms with E-state index in [1.165, 1.54) is 82.4 Å². The van der Waals surface area contributed by atoms with Crippen LogP contribution in [0.2, 0.25) is 0 Å². The predicted molar refractivity (Wildman–Crippen MR) is 168 cm³/mol. The molecule has 0 unspecified atom stereocenters. The highest BCUT2D eigenvalue weighted by atomic mass is 15.1. The maximum Gasteiger partial charge on any atom is 0.329 e. The Kier molecular flexibility index (Phi) is 4.13. The average molecular weight is 493 g/mol. The Bertz CT molecular complexity index is 2160. The summed E-state index contributed by atoms with van der Waals surface area (Å²) in [6.07, 6.45) is 0. The molecule has 2 heterocycles. The van der Waals surface area contributed by atoms with Gasteiger partial charge in [-0.3, -0.25) is 0 Å². The van der Waals surface area contributed by atoms with Gasteiger partial charge in [-0.15, -0.1) is 0 Å². The molecule has 0 fully saturated rings. The van der Waals surface area contributed by atoms with E-state index in [2.05, 4.69) is 139 Å². The van der Waals surface area contributed by atoms with Crippen molar-refractivity contribution in [1.82, 2.24) is 0 Å². The van der Waals surface area contributed by atoms with Crippen molar-refractivity contribution in [3.8, 4) is 22.3 Å². The summed E-state index contributed by atoms with van der Waals surface area (Å²) in [5, 5.41) is 7.80. The molecule has 0 spiro atoms. The van der Waals surface area contributed by atoms with Gasteiger partial charge in [0.05, 0.1) is 0 Å². The Morgan fingerprint density at radius 1 is 0.462 bits per heavy atom. The normalized spacial score (nSPS) is 13.2. The van der Waals surface area contributed by atoms with Crippen LogP contribution in [0.1, 0.15) is 5.56 Å². The summed E-state index contributed by atoms with van der Waals surface area (Å²) in [5.74, 6) is 0. The number of hydrogen-bond donors (Lipinski definition) is 0. The average Bonchev–Trinajstić information content (AvgIpc) is 2.99. The van der Waals surface area contributed by atoms with Crippen LogP contribution in [0.5, 0.6) is 0 Å². The second-order valence-electron chi connectivity index (χ2n) is 11.0. The standard InChI is InChI=1S/C37H24BN/c1-23-14-15-26-22-35-31(21-27(26)20-23)37-29-11-5-3-9-25(29)17-19-33(37)38-32-18-16-24-8-2-4-10-28(24)36(32)30-12-6-7-13-34(30)39(35)38/h2-22H,1H3. The first-order valence-electron chi connectivity index (χ1n) is 13.7. The van der Waals surface area contributed by atoms with E-state index in [1.807, 2.05) is 0 Å². The van der Waals surface area contributed by atoms with E-state index < -0.39 is 0 Å². The minimum atomic E-state index is 0.0921. The topological polar surface area (TPSA) is 3.24 Å². The molecule has 2 aliphatic heterocycles. The molecule has 0 atom stereocenters. The third kappa shape index (κ3) is 2.81. The first-order chi connectivity index (χ1) is 19.3. The van der Waals surface area contributed by atoms with Crippen molar-refractivity contribution in [3.63, 3.8) is 0 Å². The Hall–Kier alpha value is -4.82. The Morgan fingerprint density at radius 2 is 1.08 bits per heavy atom. The fraction of sp³-hybridized carbons (Fsp3) is 0.0270. The fourth-order valence-corrected chi connectivity index (χ4v) is 7.19. The summed E-state index contributed by atoms with van der Waals surface area (Å²) in [4.78, 5) is 2.61. The highest BCUT2D eigenvalue weighted by Gasteiger charge is 2.43. The van der Waals surface area contributed by atoms with E-state index in [1.54, 1.807) is 0 Å². The summed E-state index contributed by atoms with van der Waals surface area (Å²) < 4.78 is 0. The zero-order valence-electron chi connectivity index (χ0n) is 21.6. The molecular weight excluding hydrogens is 469 g/mol. The van der Waals surface area contributed by atoms with Crippen molar-refractivity contribution in [2.24, 2.45) is 0 Å². The van der Waals surface area contributed by atoms with E-state index in [9.17, 15) is 0 Å². The lowest BCUT2D eigenvalue weighted by Gasteiger charge is -2.44. The Morgan fingerprint density at radius 3 is 1.82 bits per heavy atom. The van der Waals surface area contributed by atoms with Crippen molar-refractivity contribution >= 4 is 61.5 Å². The molecule has 0 saturated heterocycles. The van der Waals surface area contributed by atoms with Crippen LogP contribution in [-0.2, 0) is 0 Å². The summed E-state index contributed by atoms with van der Waals surface area (Å²) in [5.41, 5.74) is 11.9. The van der Waals surface area contributed by atoms with Crippen molar-refractivity contribution in [3.05, 3.63) is 133 Å². The molecule has 2 aliphatic rings. The quantitative estimate of drug-likeness (QED) is 0.192. The lowest BCUT2D eigenvalue weighted by Crippen LogP contribution is -2.59. The summed E-state index contributed by atoms with van der Waals surface area (Å²) in [7, 11) is 0. The van der Waals surface area contributed by atoms with E-state index >= 15 is 0 Å². The van der Waals surface area contributed by atoms with Crippen LogP contribution in [0.4, 0.5) is 11.4 Å². The lowest BCUT2D eigenvalue weighted by molar-refractivity contribution is 1.36. The van der Waals surface area contributed by atoms with Gasteiger partial charge < -0.3 is 4.81 Å². The van der Waals surface area contributed by atoms with Gasteiger partial charge in [-0.25, -0.2) is 0 Å². The third-order valence-electron chi connectivity index (χ3n) is 8.84. The van der Waals surface area contributed by atoms with Crippen LogP contribution >= 0.6 is 0 Å². The number of aryl methyl sites for hydroxylation is 1. The molecule has 0 saturated carbocycles. The molecule has 0 aliphatic carbocycles. The first-order valence-corrected chi connectivity index (χ1v) is 13.7. The summed E-state index contributed by atoms with van der Waals surface area (Å²) in [6.45, 7) is 2.27. The summed E-state index contributed by atoms with van der Waals surface area (Å²) in [6, 6.07) is 47.7. The highest BCUT2D eigenvalue weighted by molar-refractivity contribution is 6.93. The molecule has 0 bridgehead atoms. The number of rotatable bonds is 0. The predicted octanol–water partition coefficient (Wildman–Crippen LogP) is 8.36. The van der Waals surface area contributed by atoms with Gasteiger partial charge in [0.15, 0.2) is 0 Å². The van der Waals surface area contributed by atoms with Gasteiger partial charge in [-0.1, -0.05) is 115 Å². The van der Waals surface area contributed by atoms with E-state index in [0.29, 0.717) is 0 Å². The van der Waals surface area contributed by atoms with E-state index in [4.69, 9.17) is 0 Å². The summed E-state index contributed by atoms with van der Waals surface area (Å²) >= 11 is 0. The third-order valence-corrected chi connectivity index (χ3v) is 8.84. The fourth-order valence-electron chi connectivity index (χ4n) is 7.19. The molecule has 0 amide bonds. The number of para-hydroxylation sites is 1. The van der Waals surface area contributed by atoms with Gasteiger partial charge in [0.1, 0.15) is 0 Å². The van der Waals surface area contributed by atoms with Crippen molar-refractivity contribution < 1.29 is 0 Å². The van der Waals surface area contributed by atoms with Crippen LogP contribution in [0, 0.1) is 6.92 Å². The van der Waals surface area contributed by atoms with Crippen LogP contribution in [0.3, 0.4) is 0 Å². The van der Waals surface area contributed by atoms with Crippen LogP contribution < -0.4 is 15.7 Å². The monoisotopic (exact) mass is 493 g/mol. The number of benzene rings is 7. The molecule has 180 valence electrons. The minimum absolute atomic E-state index is 0.0921. The first kappa shape index (κ1) is 21.2. The molecule has 7 aromatic rings. The molecule has 7 aromatic carbocycles. The molecule has 1 nitrogen and oxygen atoms in total. The smallest absolute Gasteiger partial charge is 0.329 e. The molecule has 0 aromatic heterocycles. The van der Waals surface area contributed by atoms with Gasteiger partial charge in [0, 0.05) is 22.5 Å². The van der Waals surface area contributed by atoms with Crippen LogP contribution in [0.15, 0.2) is 127 Å². The van der Waals surface area contributed by atoms with Gasteiger partial charge >= 0.3 is 6.85 Å². The Balaban J connectivity index is 1.48.